The second-order valence-electron chi connectivity index (χ2n) is 4.20. The second kappa shape index (κ2) is 6.17. The monoisotopic (exact) mass is 262 g/mol. The number of nitrogens with zero attached hydrogens (tertiary/aromatic N) is 1. The summed E-state index contributed by atoms with van der Waals surface area (Å²) in [5, 5.41) is 0.478. The zero-order chi connectivity index (χ0) is 13.0. The third-order valence-corrected chi connectivity index (χ3v) is 2.71. The van der Waals surface area contributed by atoms with Crippen LogP contribution in [0.4, 0.5) is 14.5 Å². The van der Waals surface area contributed by atoms with E-state index < -0.39 is 6.43 Å². The van der Waals surface area contributed by atoms with Crippen LogP contribution in [0.15, 0.2) is 18.2 Å². The fraction of sp³-hybridized carbons (Fsp3) is 0.500. The van der Waals surface area contributed by atoms with Crippen LogP contribution in [0, 0.1) is 0 Å². The van der Waals surface area contributed by atoms with Crippen molar-refractivity contribution in [2.75, 3.05) is 18.5 Å². The molecule has 0 aliphatic carbocycles. The molecule has 0 spiro atoms. The molecule has 0 aromatic heterocycles. The van der Waals surface area contributed by atoms with Crippen molar-refractivity contribution in [1.82, 2.24) is 0 Å². The number of nitrogens with two attached hydrogens (primary N) is 1. The molecule has 0 saturated heterocycles. The van der Waals surface area contributed by atoms with Gasteiger partial charge in [0, 0.05) is 13.1 Å². The highest BCUT2D eigenvalue weighted by molar-refractivity contribution is 6.33. The molecular formula is C12H17ClF2N2. The molecular weight excluding hydrogens is 246 g/mol. The quantitative estimate of drug-likeness (QED) is 0.884. The van der Waals surface area contributed by atoms with Crippen molar-refractivity contribution in [2.45, 2.75) is 25.8 Å². The summed E-state index contributed by atoms with van der Waals surface area (Å²) in [6, 6.07) is 5.34. The molecule has 0 radical (unpaired) electrons. The first-order valence-corrected chi connectivity index (χ1v) is 5.82. The fourth-order valence-electron chi connectivity index (χ4n) is 1.80. The summed E-state index contributed by atoms with van der Waals surface area (Å²) in [5.41, 5.74) is 7.28. The van der Waals surface area contributed by atoms with Crippen LogP contribution in [-0.2, 0) is 6.42 Å². The second-order valence-corrected chi connectivity index (χ2v) is 4.61. The third-order valence-electron chi connectivity index (χ3n) is 2.41. The first kappa shape index (κ1) is 14.2. The van der Waals surface area contributed by atoms with Gasteiger partial charge in [0.05, 0.1) is 17.3 Å². The normalized spacial score (nSPS) is 12.9. The molecule has 1 atom stereocenters. The van der Waals surface area contributed by atoms with Gasteiger partial charge in [-0.3, -0.25) is 0 Å². The van der Waals surface area contributed by atoms with E-state index in [0.29, 0.717) is 17.1 Å². The number of alkyl halides is 2. The minimum atomic E-state index is -2.39. The maximum atomic E-state index is 12.4. The lowest BCUT2D eigenvalue weighted by atomic mass is 10.0. The molecule has 0 fully saturated rings. The average molecular weight is 263 g/mol. The van der Waals surface area contributed by atoms with Gasteiger partial charge in [-0.2, -0.15) is 0 Å². The molecule has 2 nitrogen and oxygen atoms in total. The Morgan fingerprint density at radius 1 is 1.41 bits per heavy atom. The first-order valence-electron chi connectivity index (χ1n) is 5.44. The Hall–Kier alpha value is -0.870. The SMILES string of the molecule is CC(N)Cc1cccc(Cl)c1N(C)CC(F)F. The van der Waals surface area contributed by atoms with Gasteiger partial charge in [-0.1, -0.05) is 23.7 Å². The van der Waals surface area contributed by atoms with Crippen LogP contribution in [0.1, 0.15) is 12.5 Å². The predicted octanol–water partition coefficient (Wildman–Crippen LogP) is 2.93. The topological polar surface area (TPSA) is 29.3 Å². The molecule has 0 saturated carbocycles. The van der Waals surface area contributed by atoms with E-state index in [-0.39, 0.29) is 12.6 Å². The molecule has 1 aromatic carbocycles. The molecule has 96 valence electrons. The number of anilines is 1. The molecule has 0 aliphatic rings. The lowest BCUT2D eigenvalue weighted by Crippen LogP contribution is -2.27. The number of benzene rings is 1. The van der Waals surface area contributed by atoms with E-state index in [2.05, 4.69) is 0 Å². The number of halogens is 3. The maximum Gasteiger partial charge on any atom is 0.255 e. The molecule has 0 heterocycles. The third kappa shape index (κ3) is 4.13. The lowest BCUT2D eigenvalue weighted by Gasteiger charge is -2.24. The van der Waals surface area contributed by atoms with Gasteiger partial charge in [0.25, 0.3) is 6.43 Å². The number of rotatable bonds is 5. The van der Waals surface area contributed by atoms with E-state index in [1.165, 1.54) is 4.90 Å². The van der Waals surface area contributed by atoms with Crippen LogP contribution in [0.25, 0.3) is 0 Å². The van der Waals surface area contributed by atoms with E-state index in [9.17, 15) is 8.78 Å². The van der Waals surface area contributed by atoms with E-state index in [0.717, 1.165) is 5.56 Å². The zero-order valence-electron chi connectivity index (χ0n) is 9.96. The first-order chi connectivity index (χ1) is 7.91. The van der Waals surface area contributed by atoms with E-state index >= 15 is 0 Å². The van der Waals surface area contributed by atoms with Gasteiger partial charge in [0.1, 0.15) is 0 Å². The van der Waals surface area contributed by atoms with E-state index in [1.807, 2.05) is 13.0 Å². The molecule has 1 aromatic rings. The predicted molar refractivity (Wildman–Crippen MR) is 68.1 cm³/mol. The Labute approximate surface area is 105 Å². The molecule has 5 heteroatoms. The van der Waals surface area contributed by atoms with Gasteiger partial charge in [-0.15, -0.1) is 0 Å². The van der Waals surface area contributed by atoms with Crippen molar-refractivity contribution in [3.63, 3.8) is 0 Å². The van der Waals surface area contributed by atoms with Crippen LogP contribution >= 0.6 is 11.6 Å². The average Bonchev–Trinajstić information content (AvgIpc) is 2.14. The molecule has 0 amide bonds. The summed E-state index contributed by atoms with van der Waals surface area (Å²) < 4.78 is 24.8. The smallest absolute Gasteiger partial charge is 0.255 e. The summed E-state index contributed by atoms with van der Waals surface area (Å²) in [6.45, 7) is 1.54. The van der Waals surface area contributed by atoms with Gasteiger partial charge in [-0.05, 0) is 25.0 Å². The van der Waals surface area contributed by atoms with Gasteiger partial charge in [0.15, 0.2) is 0 Å². The summed E-state index contributed by atoms with van der Waals surface area (Å²) >= 11 is 6.06. The van der Waals surface area contributed by atoms with Crippen LogP contribution in [-0.4, -0.2) is 26.1 Å². The van der Waals surface area contributed by atoms with Crippen LogP contribution in [0.5, 0.6) is 0 Å². The van der Waals surface area contributed by atoms with Gasteiger partial charge < -0.3 is 10.6 Å². The number of para-hydroxylation sites is 1. The summed E-state index contributed by atoms with van der Waals surface area (Å²) in [6.07, 6.45) is -1.77. The van der Waals surface area contributed by atoms with Crippen molar-refractivity contribution in [3.05, 3.63) is 28.8 Å². The Balaban J connectivity index is 3.02. The lowest BCUT2D eigenvalue weighted by molar-refractivity contribution is 0.156. The largest absolute Gasteiger partial charge is 0.367 e. The highest BCUT2D eigenvalue weighted by Gasteiger charge is 2.15. The number of hydrogen-bond acceptors (Lipinski definition) is 2. The zero-order valence-corrected chi connectivity index (χ0v) is 10.7. The Bertz CT molecular complexity index is 370. The molecule has 17 heavy (non-hydrogen) atoms. The van der Waals surface area contributed by atoms with Crippen LogP contribution in [0.3, 0.4) is 0 Å². The van der Waals surface area contributed by atoms with E-state index in [4.69, 9.17) is 17.3 Å². The summed E-state index contributed by atoms with van der Waals surface area (Å²) in [5.74, 6) is 0. The minimum Gasteiger partial charge on any atom is -0.367 e. The molecule has 0 aliphatic heterocycles. The Morgan fingerprint density at radius 3 is 2.59 bits per heavy atom. The van der Waals surface area contributed by atoms with Gasteiger partial charge in [-0.25, -0.2) is 8.78 Å². The summed E-state index contributed by atoms with van der Waals surface area (Å²) in [7, 11) is 1.61. The fourth-order valence-corrected chi connectivity index (χ4v) is 2.14. The Morgan fingerprint density at radius 2 is 2.06 bits per heavy atom. The van der Waals surface area contributed by atoms with Crippen LogP contribution in [0.2, 0.25) is 5.02 Å². The van der Waals surface area contributed by atoms with Crippen molar-refractivity contribution in [1.29, 1.82) is 0 Å². The molecule has 1 rings (SSSR count). The minimum absolute atomic E-state index is 0.0350. The van der Waals surface area contributed by atoms with E-state index in [1.54, 1.807) is 19.2 Å². The van der Waals surface area contributed by atoms with Gasteiger partial charge in [0.2, 0.25) is 0 Å². The maximum absolute atomic E-state index is 12.4. The molecule has 0 bridgehead atoms. The summed E-state index contributed by atoms with van der Waals surface area (Å²) in [4.78, 5) is 1.48. The highest BCUT2D eigenvalue weighted by atomic mass is 35.5. The van der Waals surface area contributed by atoms with Gasteiger partial charge >= 0.3 is 0 Å². The van der Waals surface area contributed by atoms with Crippen LogP contribution < -0.4 is 10.6 Å². The highest BCUT2D eigenvalue weighted by Crippen LogP contribution is 2.30. The number of hydrogen-bond donors (Lipinski definition) is 1. The standard InChI is InChI=1S/C12H17ClF2N2/c1-8(16)6-9-4-3-5-10(13)12(9)17(2)7-11(14)15/h3-5,8,11H,6-7,16H2,1-2H3. The van der Waals surface area contributed by atoms with Crippen molar-refractivity contribution >= 4 is 17.3 Å². The van der Waals surface area contributed by atoms with Crippen molar-refractivity contribution < 1.29 is 8.78 Å². The molecule has 2 N–H and O–H groups in total. The van der Waals surface area contributed by atoms with Crippen molar-refractivity contribution in [3.8, 4) is 0 Å². The Kier molecular flexibility index (Phi) is 5.15. The molecule has 1 unspecified atom stereocenters. The van der Waals surface area contributed by atoms with Crippen molar-refractivity contribution in [2.24, 2.45) is 5.73 Å².